The Hall–Kier alpha value is -2.94. The van der Waals surface area contributed by atoms with Crippen LogP contribution in [0, 0.1) is 0 Å². The number of rotatable bonds is 5. The van der Waals surface area contributed by atoms with Gasteiger partial charge in [-0.25, -0.2) is 9.97 Å². The molecule has 9 nitrogen and oxygen atoms in total. The van der Waals surface area contributed by atoms with Crippen LogP contribution >= 0.6 is 0 Å². The Kier molecular flexibility index (Phi) is 5.75. The Labute approximate surface area is 207 Å². The lowest BCUT2D eigenvalue weighted by Gasteiger charge is -2.38. The van der Waals surface area contributed by atoms with Crippen LogP contribution < -0.4 is 20.4 Å². The highest BCUT2D eigenvalue weighted by atomic mass is 16.2. The molecule has 1 unspecified atom stereocenters. The molecule has 2 aromatic heterocycles. The van der Waals surface area contributed by atoms with E-state index in [-0.39, 0.29) is 5.91 Å². The van der Waals surface area contributed by atoms with Gasteiger partial charge in [0.2, 0.25) is 11.9 Å². The summed E-state index contributed by atoms with van der Waals surface area (Å²) in [7, 11) is 0. The average molecular weight is 477 g/mol. The van der Waals surface area contributed by atoms with Crippen molar-refractivity contribution in [3.63, 3.8) is 0 Å². The number of pyridine rings is 1. The summed E-state index contributed by atoms with van der Waals surface area (Å²) in [5.74, 6) is 2.33. The molecule has 186 valence electrons. The smallest absolute Gasteiger partial charge is 0.246 e. The average Bonchev–Trinajstić information content (AvgIpc) is 3.59. The predicted molar refractivity (Wildman–Crippen MR) is 137 cm³/mol. The summed E-state index contributed by atoms with van der Waals surface area (Å²) < 4.78 is 0. The fourth-order valence-electron chi connectivity index (χ4n) is 6.40. The Balaban J connectivity index is 1.19. The maximum absolute atomic E-state index is 13.0. The lowest BCUT2D eigenvalue weighted by Crippen LogP contribution is -2.56. The third-order valence-electron chi connectivity index (χ3n) is 8.35. The van der Waals surface area contributed by atoms with E-state index in [1.807, 2.05) is 18.5 Å². The van der Waals surface area contributed by atoms with E-state index in [9.17, 15) is 4.79 Å². The summed E-state index contributed by atoms with van der Waals surface area (Å²) in [5, 5.41) is 6.37. The van der Waals surface area contributed by atoms with Crippen molar-refractivity contribution in [2.45, 2.75) is 70.0 Å². The molecule has 3 fully saturated rings. The monoisotopic (exact) mass is 476 g/mol. The van der Waals surface area contributed by atoms with Crippen LogP contribution in [0.2, 0.25) is 0 Å². The predicted octanol–water partition coefficient (Wildman–Crippen LogP) is 2.71. The van der Waals surface area contributed by atoms with E-state index in [0.717, 1.165) is 74.9 Å². The first kappa shape index (κ1) is 22.5. The van der Waals surface area contributed by atoms with Gasteiger partial charge in [-0.1, -0.05) is 12.8 Å². The number of carbonyl (C=O) groups excluding carboxylic acids is 1. The van der Waals surface area contributed by atoms with Crippen molar-refractivity contribution in [3.8, 4) is 0 Å². The van der Waals surface area contributed by atoms with Crippen molar-refractivity contribution < 1.29 is 4.79 Å². The minimum Gasteiger partial charge on any atom is -0.368 e. The van der Waals surface area contributed by atoms with Gasteiger partial charge in [0, 0.05) is 63.0 Å². The number of hydrogen-bond acceptors (Lipinski definition) is 8. The van der Waals surface area contributed by atoms with Gasteiger partial charge in [-0.15, -0.1) is 0 Å². The van der Waals surface area contributed by atoms with E-state index in [4.69, 9.17) is 4.98 Å². The number of nitrogens with zero attached hydrogens (tertiary/aromatic N) is 6. The van der Waals surface area contributed by atoms with Crippen molar-refractivity contribution in [2.24, 2.45) is 0 Å². The van der Waals surface area contributed by atoms with Crippen LogP contribution in [0.25, 0.3) is 0 Å². The van der Waals surface area contributed by atoms with Gasteiger partial charge in [-0.05, 0) is 45.2 Å². The molecule has 0 bridgehead atoms. The van der Waals surface area contributed by atoms with Crippen LogP contribution in [-0.2, 0) is 11.2 Å². The molecule has 6 rings (SSSR count). The number of carbonyl (C=O) groups is 1. The highest BCUT2D eigenvalue weighted by molar-refractivity contribution is 5.94. The van der Waals surface area contributed by atoms with Crippen molar-refractivity contribution in [2.75, 3.05) is 47.8 Å². The summed E-state index contributed by atoms with van der Waals surface area (Å²) >= 11 is 0. The largest absolute Gasteiger partial charge is 0.368 e. The molecule has 35 heavy (non-hydrogen) atoms. The van der Waals surface area contributed by atoms with E-state index in [2.05, 4.69) is 55.2 Å². The molecule has 0 aromatic carbocycles. The van der Waals surface area contributed by atoms with Crippen molar-refractivity contribution in [1.82, 2.24) is 25.2 Å². The van der Waals surface area contributed by atoms with E-state index in [1.54, 1.807) is 0 Å². The lowest BCUT2D eigenvalue weighted by molar-refractivity contribution is -0.123. The molecule has 1 aliphatic carbocycles. The molecular formula is C26H36N8O. The minimum atomic E-state index is -0.496. The van der Waals surface area contributed by atoms with Gasteiger partial charge < -0.3 is 20.4 Å². The van der Waals surface area contributed by atoms with Crippen LogP contribution in [0.1, 0.15) is 51.5 Å². The Morgan fingerprint density at radius 1 is 1.09 bits per heavy atom. The maximum Gasteiger partial charge on any atom is 0.246 e. The second-order valence-corrected chi connectivity index (χ2v) is 10.7. The first-order valence-corrected chi connectivity index (χ1v) is 13.2. The maximum atomic E-state index is 13.0. The zero-order valence-corrected chi connectivity index (χ0v) is 20.8. The molecule has 9 heteroatoms. The number of aromatic nitrogens is 3. The minimum absolute atomic E-state index is 0.142. The summed E-state index contributed by atoms with van der Waals surface area (Å²) in [6.45, 7) is 9.45. The van der Waals surface area contributed by atoms with Gasteiger partial charge in [0.1, 0.15) is 17.2 Å². The molecule has 0 radical (unpaired) electrons. The molecule has 1 saturated carbocycles. The number of amides is 1. The Morgan fingerprint density at radius 3 is 2.54 bits per heavy atom. The quantitative estimate of drug-likeness (QED) is 0.681. The molecule has 1 spiro atoms. The number of nitrogens with one attached hydrogen (secondary N) is 2. The van der Waals surface area contributed by atoms with Crippen molar-refractivity contribution >= 4 is 29.2 Å². The van der Waals surface area contributed by atoms with Gasteiger partial charge >= 0.3 is 0 Å². The van der Waals surface area contributed by atoms with Gasteiger partial charge in [0.15, 0.2) is 0 Å². The zero-order chi connectivity index (χ0) is 24.0. The SMILES string of the molecule is CC(C)N1CCN(c2ccc(Nc3ncc4c(n3)N(C3CCCC3)C3(CCNC3=O)C4)nc2)CC1. The summed E-state index contributed by atoms with van der Waals surface area (Å²) in [5.41, 5.74) is 1.73. The molecule has 2 saturated heterocycles. The number of fused-ring (bicyclic) bond motifs is 1. The molecule has 1 amide bonds. The number of anilines is 4. The summed E-state index contributed by atoms with van der Waals surface area (Å²) in [6.07, 6.45) is 10.0. The van der Waals surface area contributed by atoms with Crippen LogP contribution in [0.3, 0.4) is 0 Å². The van der Waals surface area contributed by atoms with E-state index >= 15 is 0 Å². The number of hydrogen-bond donors (Lipinski definition) is 2. The lowest BCUT2D eigenvalue weighted by atomic mass is 9.91. The highest BCUT2D eigenvalue weighted by Gasteiger charge is 2.55. The molecule has 2 aromatic rings. The summed E-state index contributed by atoms with van der Waals surface area (Å²) in [4.78, 5) is 34.4. The van der Waals surface area contributed by atoms with Gasteiger partial charge in [0.25, 0.3) is 0 Å². The Morgan fingerprint density at radius 2 is 1.89 bits per heavy atom. The standard InChI is InChI=1S/C26H36N8O/c1-18(2)32-11-13-33(14-12-32)21-7-8-22(28-17-21)30-25-29-16-19-15-26(9-10-27-24(26)35)34(23(19)31-25)20-5-3-4-6-20/h7-8,16-18,20H,3-6,9-15H2,1-2H3,(H,27,35)(H,28,29,30,31). The molecule has 3 aliphatic heterocycles. The topological polar surface area (TPSA) is 89.5 Å². The third-order valence-corrected chi connectivity index (χ3v) is 8.35. The van der Waals surface area contributed by atoms with E-state index < -0.39 is 5.54 Å². The van der Waals surface area contributed by atoms with E-state index in [1.165, 1.54) is 12.8 Å². The van der Waals surface area contributed by atoms with Gasteiger partial charge in [0.05, 0.1) is 11.9 Å². The molecule has 5 heterocycles. The fourth-order valence-corrected chi connectivity index (χ4v) is 6.40. The van der Waals surface area contributed by atoms with Crippen molar-refractivity contribution in [3.05, 3.63) is 30.1 Å². The first-order chi connectivity index (χ1) is 17.0. The van der Waals surface area contributed by atoms with Crippen LogP contribution in [0.5, 0.6) is 0 Å². The third kappa shape index (κ3) is 3.99. The van der Waals surface area contributed by atoms with E-state index in [0.29, 0.717) is 24.5 Å². The second-order valence-electron chi connectivity index (χ2n) is 10.7. The van der Waals surface area contributed by atoms with Crippen molar-refractivity contribution in [1.29, 1.82) is 0 Å². The molecule has 1 atom stereocenters. The molecule has 2 N–H and O–H groups in total. The Bertz CT molecular complexity index is 1080. The number of piperazine rings is 1. The summed E-state index contributed by atoms with van der Waals surface area (Å²) in [6, 6.07) is 5.09. The van der Waals surface area contributed by atoms with Gasteiger partial charge in [-0.3, -0.25) is 9.69 Å². The van der Waals surface area contributed by atoms with Crippen LogP contribution in [0.4, 0.5) is 23.3 Å². The molecule has 4 aliphatic rings. The zero-order valence-electron chi connectivity index (χ0n) is 20.8. The van der Waals surface area contributed by atoms with Crippen LogP contribution in [-0.4, -0.2) is 76.1 Å². The second kappa shape index (κ2) is 8.93. The first-order valence-electron chi connectivity index (χ1n) is 13.2. The van der Waals surface area contributed by atoms with Crippen LogP contribution in [0.15, 0.2) is 24.5 Å². The normalized spacial score (nSPS) is 25.1. The fraction of sp³-hybridized carbons (Fsp3) is 0.615. The van der Waals surface area contributed by atoms with Gasteiger partial charge in [-0.2, -0.15) is 4.98 Å². The highest BCUT2D eigenvalue weighted by Crippen LogP contribution is 2.46. The molecular weight excluding hydrogens is 440 g/mol.